The number of hydrogen-bond donors (Lipinski definition) is 3. The van der Waals surface area contributed by atoms with Gasteiger partial charge in [-0.05, 0) is 48.2 Å². The molecule has 4 atom stereocenters. The SMILES string of the molecule is CCOc1ccc(Cc2cc(C3OC3C(O)CC(O)CO)ccc2Cl)cc1. The Balaban J connectivity index is 1.66. The van der Waals surface area contributed by atoms with Crippen molar-refractivity contribution in [1.29, 1.82) is 0 Å². The lowest BCUT2D eigenvalue weighted by atomic mass is 9.98. The van der Waals surface area contributed by atoms with Gasteiger partial charge in [0.15, 0.2) is 0 Å². The molecule has 0 amide bonds. The smallest absolute Gasteiger partial charge is 0.119 e. The number of aliphatic hydroxyl groups is 3. The summed E-state index contributed by atoms with van der Waals surface area (Å²) in [6.45, 7) is 2.21. The first-order chi connectivity index (χ1) is 13.0. The van der Waals surface area contributed by atoms with Crippen LogP contribution in [0.15, 0.2) is 42.5 Å². The highest BCUT2D eigenvalue weighted by Gasteiger charge is 2.45. The van der Waals surface area contributed by atoms with Gasteiger partial charge in [-0.2, -0.15) is 0 Å². The van der Waals surface area contributed by atoms with Gasteiger partial charge in [0.2, 0.25) is 0 Å². The zero-order valence-electron chi connectivity index (χ0n) is 15.2. The lowest BCUT2D eigenvalue weighted by Crippen LogP contribution is -2.25. The molecule has 3 rings (SSSR count). The molecule has 1 fully saturated rings. The standard InChI is InChI=1S/C21H25ClO5/c1-2-26-17-6-3-13(4-7-17)9-15-10-14(5-8-18(15)22)20-21(27-20)19(25)11-16(24)12-23/h3-8,10,16,19-21,23-25H,2,9,11-12H2,1H3. The molecule has 0 radical (unpaired) electrons. The van der Waals surface area contributed by atoms with Crippen LogP contribution in [0.2, 0.25) is 5.02 Å². The van der Waals surface area contributed by atoms with E-state index in [4.69, 9.17) is 26.2 Å². The predicted molar refractivity (Wildman–Crippen MR) is 103 cm³/mol. The van der Waals surface area contributed by atoms with Crippen molar-refractivity contribution in [2.75, 3.05) is 13.2 Å². The molecule has 3 N–H and O–H groups in total. The molecule has 5 nitrogen and oxygen atoms in total. The van der Waals surface area contributed by atoms with Gasteiger partial charge in [-0.25, -0.2) is 0 Å². The summed E-state index contributed by atoms with van der Waals surface area (Å²) < 4.78 is 11.1. The summed E-state index contributed by atoms with van der Waals surface area (Å²) in [6, 6.07) is 13.7. The van der Waals surface area contributed by atoms with E-state index in [0.29, 0.717) is 18.1 Å². The summed E-state index contributed by atoms with van der Waals surface area (Å²) in [4.78, 5) is 0. The van der Waals surface area contributed by atoms with Crippen molar-refractivity contribution in [2.24, 2.45) is 0 Å². The van der Waals surface area contributed by atoms with Crippen molar-refractivity contribution in [2.45, 2.75) is 44.2 Å². The molecule has 1 aliphatic heterocycles. The molecule has 0 bridgehead atoms. The molecule has 4 unspecified atom stereocenters. The quantitative estimate of drug-likeness (QED) is 0.571. The van der Waals surface area contributed by atoms with Gasteiger partial charge in [-0.1, -0.05) is 35.9 Å². The van der Waals surface area contributed by atoms with Gasteiger partial charge in [-0.3, -0.25) is 0 Å². The number of rotatable bonds is 9. The van der Waals surface area contributed by atoms with E-state index in [1.54, 1.807) is 0 Å². The molecule has 0 spiro atoms. The molecule has 0 aliphatic carbocycles. The summed E-state index contributed by atoms with van der Waals surface area (Å²) in [5, 5.41) is 29.2. The fourth-order valence-electron chi connectivity index (χ4n) is 3.17. The summed E-state index contributed by atoms with van der Waals surface area (Å²) in [5.41, 5.74) is 3.05. The van der Waals surface area contributed by atoms with E-state index in [9.17, 15) is 10.2 Å². The zero-order valence-corrected chi connectivity index (χ0v) is 16.0. The zero-order chi connectivity index (χ0) is 19.4. The molecule has 27 heavy (non-hydrogen) atoms. The Morgan fingerprint density at radius 3 is 2.56 bits per heavy atom. The van der Waals surface area contributed by atoms with Gasteiger partial charge in [0.25, 0.3) is 0 Å². The lowest BCUT2D eigenvalue weighted by molar-refractivity contribution is 0.0312. The van der Waals surface area contributed by atoms with Crippen LogP contribution in [0, 0.1) is 0 Å². The van der Waals surface area contributed by atoms with Gasteiger partial charge < -0.3 is 24.8 Å². The lowest BCUT2D eigenvalue weighted by Gasteiger charge is -2.12. The average Bonchev–Trinajstić information content (AvgIpc) is 3.46. The minimum absolute atomic E-state index is 0.0876. The maximum atomic E-state index is 10.1. The number of benzene rings is 2. The third-order valence-corrected chi connectivity index (χ3v) is 5.03. The van der Waals surface area contributed by atoms with E-state index in [-0.39, 0.29) is 25.2 Å². The Morgan fingerprint density at radius 1 is 1.15 bits per heavy atom. The second-order valence-corrected chi connectivity index (χ2v) is 7.17. The van der Waals surface area contributed by atoms with Crippen LogP contribution in [0.1, 0.15) is 36.1 Å². The van der Waals surface area contributed by atoms with Crippen molar-refractivity contribution in [1.82, 2.24) is 0 Å². The Morgan fingerprint density at radius 2 is 1.89 bits per heavy atom. The van der Waals surface area contributed by atoms with Gasteiger partial charge in [0, 0.05) is 11.4 Å². The Kier molecular flexibility index (Phi) is 6.73. The maximum absolute atomic E-state index is 10.1. The molecule has 2 aromatic rings. The Bertz CT molecular complexity index is 749. The predicted octanol–water partition coefficient (Wildman–Crippen LogP) is 2.87. The number of ether oxygens (including phenoxy) is 2. The fourth-order valence-corrected chi connectivity index (χ4v) is 3.35. The number of epoxide rings is 1. The average molecular weight is 393 g/mol. The van der Waals surface area contributed by atoms with Crippen molar-refractivity contribution in [3.05, 3.63) is 64.2 Å². The van der Waals surface area contributed by atoms with Gasteiger partial charge >= 0.3 is 0 Å². The summed E-state index contributed by atoms with van der Waals surface area (Å²) in [7, 11) is 0. The molecule has 2 aromatic carbocycles. The second kappa shape index (κ2) is 9.04. The third kappa shape index (κ3) is 5.21. The van der Waals surface area contributed by atoms with Crippen LogP contribution in [0.4, 0.5) is 0 Å². The maximum Gasteiger partial charge on any atom is 0.119 e. The van der Waals surface area contributed by atoms with Crippen molar-refractivity contribution in [3.8, 4) is 5.75 Å². The normalized spacial score (nSPS) is 20.9. The van der Waals surface area contributed by atoms with E-state index in [1.807, 2.05) is 49.4 Å². The van der Waals surface area contributed by atoms with Crippen LogP contribution in [0.3, 0.4) is 0 Å². The van der Waals surface area contributed by atoms with Crippen molar-refractivity contribution < 1.29 is 24.8 Å². The molecule has 1 heterocycles. The largest absolute Gasteiger partial charge is 0.494 e. The summed E-state index contributed by atoms with van der Waals surface area (Å²) >= 11 is 6.36. The molecule has 6 heteroatoms. The second-order valence-electron chi connectivity index (χ2n) is 6.77. The first kappa shape index (κ1) is 20.1. The van der Waals surface area contributed by atoms with Crippen molar-refractivity contribution in [3.63, 3.8) is 0 Å². The van der Waals surface area contributed by atoms with Crippen LogP contribution in [0.5, 0.6) is 5.75 Å². The molecule has 1 aliphatic rings. The highest BCUT2D eigenvalue weighted by Crippen LogP contribution is 2.42. The number of halogens is 1. The molecule has 1 saturated heterocycles. The van der Waals surface area contributed by atoms with E-state index in [0.717, 1.165) is 22.4 Å². The number of aliphatic hydroxyl groups excluding tert-OH is 3. The monoisotopic (exact) mass is 392 g/mol. The van der Waals surface area contributed by atoms with Crippen LogP contribution in [0.25, 0.3) is 0 Å². The summed E-state index contributed by atoms with van der Waals surface area (Å²) in [5.74, 6) is 0.842. The van der Waals surface area contributed by atoms with E-state index < -0.39 is 12.2 Å². The molecular weight excluding hydrogens is 368 g/mol. The first-order valence-corrected chi connectivity index (χ1v) is 9.52. The van der Waals surface area contributed by atoms with Crippen LogP contribution < -0.4 is 4.74 Å². The molecular formula is C21H25ClO5. The van der Waals surface area contributed by atoms with E-state index in [2.05, 4.69) is 0 Å². The van der Waals surface area contributed by atoms with Crippen molar-refractivity contribution >= 4 is 11.6 Å². The van der Waals surface area contributed by atoms with Crippen LogP contribution in [-0.4, -0.2) is 46.8 Å². The van der Waals surface area contributed by atoms with Crippen LogP contribution in [-0.2, 0) is 11.2 Å². The molecule has 0 aromatic heterocycles. The van der Waals surface area contributed by atoms with E-state index >= 15 is 0 Å². The minimum atomic E-state index is -0.940. The first-order valence-electron chi connectivity index (χ1n) is 9.14. The molecule has 0 saturated carbocycles. The van der Waals surface area contributed by atoms with Gasteiger partial charge in [-0.15, -0.1) is 0 Å². The highest BCUT2D eigenvalue weighted by molar-refractivity contribution is 6.31. The topological polar surface area (TPSA) is 82.5 Å². The van der Waals surface area contributed by atoms with E-state index in [1.165, 1.54) is 0 Å². The third-order valence-electron chi connectivity index (χ3n) is 4.66. The number of hydrogen-bond acceptors (Lipinski definition) is 5. The highest BCUT2D eigenvalue weighted by atomic mass is 35.5. The fraction of sp³-hybridized carbons (Fsp3) is 0.429. The van der Waals surface area contributed by atoms with Crippen LogP contribution >= 0.6 is 11.6 Å². The Labute approximate surface area is 164 Å². The molecule has 146 valence electrons. The summed E-state index contributed by atoms with van der Waals surface area (Å²) in [6.07, 6.45) is -1.58. The van der Waals surface area contributed by atoms with Gasteiger partial charge in [0.1, 0.15) is 18.0 Å². The Hall–Kier alpha value is -1.63. The van der Waals surface area contributed by atoms with Gasteiger partial charge in [0.05, 0.1) is 25.4 Å². The minimum Gasteiger partial charge on any atom is -0.494 e.